The molecule has 0 heterocycles. The van der Waals surface area contributed by atoms with Crippen molar-refractivity contribution in [2.24, 2.45) is 5.41 Å². The average Bonchev–Trinajstić information content (AvgIpc) is 1.36. The van der Waals surface area contributed by atoms with Crippen molar-refractivity contribution in [3.05, 3.63) is 57.1 Å². The Bertz CT molecular complexity index is 7380. The van der Waals surface area contributed by atoms with Gasteiger partial charge < -0.3 is 19.3 Å². The van der Waals surface area contributed by atoms with E-state index in [-0.39, 0.29) is 13.2 Å². The standard InChI is InChI=1S/C78H26N2O4/c1-6-83-74(81)78(75(82)84-12-15-8-13(10-79(2)3)7-14(9-15)11-80(4)5)76-70-62-54-44-34-26-18-16-17-20-24-22(18)30-38-32(24)42-36-28(20)29-21(17)25-23-19(16)27(26)35-41-31(23)39-33(25)43-37(29)47-46(36)56-50(42)60-52(38)58(48(54)40(30)34)66(70)68(60)72-64(56)65-57(47)51(43)61-53(39)59-49(41)55(45(35)44)63(62)71(76)67(59)69(61)73(65)77(72,76)78/h7-9H,6,10-12H2,1-5H3. The summed E-state index contributed by atoms with van der Waals surface area (Å²) in [5.74, 6) is -0.817. The molecule has 0 N–H and O–H groups in total. The predicted molar refractivity (Wildman–Crippen MR) is 344 cm³/mol. The molecule has 34 rings (SSSR count). The van der Waals surface area contributed by atoms with Gasteiger partial charge in [0.05, 0.1) is 17.4 Å². The van der Waals surface area contributed by atoms with Crippen LogP contribution in [0.5, 0.6) is 0 Å². The smallest absolute Gasteiger partial charge is 0.326 e. The molecular formula is C78H26N2O4. The second-order valence-corrected chi connectivity index (χ2v) is 29.9. The van der Waals surface area contributed by atoms with Crippen LogP contribution >= 0.6 is 0 Å². The number of hydrogen-bond donors (Lipinski definition) is 0. The minimum absolute atomic E-state index is 0.0623. The molecule has 0 radical (unpaired) electrons. The summed E-state index contributed by atoms with van der Waals surface area (Å²) in [6, 6.07) is 6.75. The van der Waals surface area contributed by atoms with Gasteiger partial charge >= 0.3 is 11.9 Å². The Morgan fingerprint density at radius 3 is 0.655 bits per heavy atom. The molecule has 1 saturated carbocycles. The minimum Gasteiger partial charge on any atom is -0.465 e. The first-order chi connectivity index (χ1) is 41.3. The molecular weight excluding hydrogens is 1030 g/mol. The zero-order chi connectivity index (χ0) is 52.4. The fraction of sp³-hybridized carbons (Fsp3) is 0.154. The Hall–Kier alpha value is -9.46. The fourth-order valence-corrected chi connectivity index (χ4v) is 27.6. The predicted octanol–water partition coefficient (Wildman–Crippen LogP) is 17.7. The zero-order valence-electron chi connectivity index (χ0n) is 45.1. The average molecular weight is 1060 g/mol. The summed E-state index contributed by atoms with van der Waals surface area (Å²) in [6.07, 6.45) is 0. The van der Waals surface area contributed by atoms with E-state index in [1.807, 2.05) is 6.92 Å². The van der Waals surface area contributed by atoms with Crippen molar-refractivity contribution < 1.29 is 19.1 Å². The third-order valence-corrected chi connectivity index (χ3v) is 27.7. The van der Waals surface area contributed by atoms with E-state index >= 15 is 9.59 Å². The monoisotopic (exact) mass is 1050 g/mol. The Kier molecular flexibility index (Phi) is 3.62. The molecule has 372 valence electrons. The van der Waals surface area contributed by atoms with Gasteiger partial charge in [0.2, 0.25) is 0 Å². The van der Waals surface area contributed by atoms with Crippen LogP contribution in [0.3, 0.4) is 0 Å². The van der Waals surface area contributed by atoms with Crippen LogP contribution in [0.2, 0.25) is 0 Å². The van der Waals surface area contributed by atoms with E-state index in [2.05, 4.69) is 56.2 Å². The molecule has 5 aliphatic rings. The van der Waals surface area contributed by atoms with E-state index in [0.29, 0.717) is 0 Å². The lowest BCUT2D eigenvalue weighted by Crippen LogP contribution is -2.38. The van der Waals surface area contributed by atoms with E-state index in [9.17, 15) is 0 Å². The minimum atomic E-state index is -1.77. The quantitative estimate of drug-likeness (QED) is 0.0816. The van der Waals surface area contributed by atoms with Crippen molar-refractivity contribution in [2.75, 3.05) is 34.8 Å². The number of carbonyl (C=O) groups excluding carboxylic acids is 2. The van der Waals surface area contributed by atoms with Crippen molar-refractivity contribution in [1.82, 2.24) is 9.80 Å². The van der Waals surface area contributed by atoms with Crippen molar-refractivity contribution in [3.63, 3.8) is 0 Å². The van der Waals surface area contributed by atoms with Gasteiger partial charge in [0, 0.05) is 13.1 Å². The molecule has 29 aromatic carbocycles. The largest absolute Gasteiger partial charge is 0.465 e. The van der Waals surface area contributed by atoms with Gasteiger partial charge in [0.15, 0.2) is 5.41 Å². The number of ether oxygens (including phenoxy) is 2. The number of hydrogen-bond acceptors (Lipinski definition) is 6. The van der Waals surface area contributed by atoms with Crippen molar-refractivity contribution in [3.8, 4) is 0 Å². The van der Waals surface area contributed by atoms with Gasteiger partial charge in [-0.2, -0.15) is 0 Å². The molecule has 0 saturated heterocycles. The fourth-order valence-electron chi connectivity index (χ4n) is 27.6. The molecule has 0 bridgehead atoms. The normalized spacial score (nSPS) is 22.3. The molecule has 6 heteroatoms. The van der Waals surface area contributed by atoms with Crippen molar-refractivity contribution in [2.45, 2.75) is 37.5 Å². The SMILES string of the molecule is CCOC(=O)C1(C(=O)OCc2cc(CN(C)C)cc(CN(C)C)c2)C23c4c5c6c7c8c9c(c%10c%11c2c2c4c4c%12c5c5c6c6c8c8c%13c9c9c%10c%10c%11c%11c2c2c4c4c%12c%12c5c5c6c8c6c8c%13c9c9c%10c%10c%11c2c2c4c4c%12c5c6c5c8c9c%10c2c45)C713. The molecule has 0 unspecified atom stereocenters. The molecule has 6 nitrogen and oxygen atoms in total. The van der Waals surface area contributed by atoms with E-state index in [4.69, 9.17) is 9.47 Å². The highest BCUT2D eigenvalue weighted by molar-refractivity contribution is 6.82. The molecule has 84 heavy (non-hydrogen) atoms. The summed E-state index contributed by atoms with van der Waals surface area (Å²) in [6.45, 7) is 3.71. The van der Waals surface area contributed by atoms with Gasteiger partial charge in [0.1, 0.15) is 6.61 Å². The number of nitrogens with zero attached hydrogens (tertiary/aromatic N) is 2. The number of carbonyl (C=O) groups is 2. The molecule has 5 aliphatic carbocycles. The van der Waals surface area contributed by atoms with Crippen LogP contribution in [0.4, 0.5) is 0 Å². The summed E-state index contributed by atoms with van der Waals surface area (Å²) in [7, 11) is 8.45. The molecule has 0 amide bonds. The molecule has 1 fully saturated rings. The van der Waals surface area contributed by atoms with E-state index in [0.717, 1.165) is 18.7 Å². The number of rotatable bonds is 9. The highest BCUT2D eigenvalue weighted by Gasteiger charge is 3.01. The van der Waals surface area contributed by atoms with Gasteiger partial charge in [0.25, 0.3) is 0 Å². The van der Waals surface area contributed by atoms with Crippen LogP contribution in [0.1, 0.15) is 45.9 Å². The van der Waals surface area contributed by atoms with E-state index < -0.39 is 28.2 Å². The van der Waals surface area contributed by atoms with E-state index in [1.165, 1.54) is 270 Å². The van der Waals surface area contributed by atoms with Gasteiger partial charge in [-0.05, 0) is 365 Å². The highest BCUT2D eigenvalue weighted by atomic mass is 16.6. The summed E-state index contributed by atoms with van der Waals surface area (Å²) in [5, 5.41) is 79.8. The first-order valence-electron chi connectivity index (χ1n) is 30.8. The Morgan fingerprint density at radius 2 is 0.464 bits per heavy atom. The van der Waals surface area contributed by atoms with Crippen LogP contribution in [0.15, 0.2) is 18.2 Å². The number of esters is 2. The van der Waals surface area contributed by atoms with Crippen LogP contribution in [0, 0.1) is 5.41 Å². The third kappa shape index (κ3) is 2.11. The first-order valence-corrected chi connectivity index (χ1v) is 30.8. The maximum Gasteiger partial charge on any atom is 0.326 e. The Balaban J connectivity index is 0.935. The molecule has 0 aromatic heterocycles. The van der Waals surface area contributed by atoms with Crippen LogP contribution in [0.25, 0.3) is 291 Å². The van der Waals surface area contributed by atoms with E-state index in [1.54, 1.807) is 53.9 Å². The maximum atomic E-state index is 17.7. The summed E-state index contributed by atoms with van der Waals surface area (Å²) in [4.78, 5) is 39.4. The van der Waals surface area contributed by atoms with Crippen LogP contribution in [-0.4, -0.2) is 56.5 Å². The lowest BCUT2D eigenvalue weighted by molar-refractivity contribution is -0.167. The second-order valence-electron chi connectivity index (χ2n) is 29.9. The summed E-state index contributed by atoms with van der Waals surface area (Å²) < 4.78 is 14.2. The Labute approximate surface area is 463 Å². The molecule has 29 aromatic rings. The van der Waals surface area contributed by atoms with Crippen molar-refractivity contribution in [1.29, 1.82) is 0 Å². The summed E-state index contributed by atoms with van der Waals surface area (Å²) >= 11 is 0. The zero-order valence-corrected chi connectivity index (χ0v) is 45.1. The first kappa shape index (κ1) is 35.5. The van der Waals surface area contributed by atoms with Gasteiger partial charge in [-0.15, -0.1) is 0 Å². The summed E-state index contributed by atoms with van der Waals surface area (Å²) in [5.41, 5.74) is 4.36. The lowest BCUT2D eigenvalue weighted by Gasteiger charge is -2.32. The van der Waals surface area contributed by atoms with Crippen molar-refractivity contribution >= 4 is 303 Å². The molecule has 0 atom stereocenters. The third-order valence-electron chi connectivity index (χ3n) is 27.7. The van der Waals surface area contributed by atoms with Gasteiger partial charge in [-0.25, -0.2) is 0 Å². The lowest BCUT2D eigenvalue weighted by atomic mass is 9.68. The topological polar surface area (TPSA) is 59.1 Å². The van der Waals surface area contributed by atoms with Crippen LogP contribution < -0.4 is 0 Å². The van der Waals surface area contributed by atoms with Crippen LogP contribution in [-0.2, 0) is 49.6 Å². The molecule has 2 spiro atoms. The Morgan fingerprint density at radius 1 is 0.286 bits per heavy atom. The number of benzene rings is 19. The molecule has 0 aliphatic heterocycles. The van der Waals surface area contributed by atoms with Gasteiger partial charge in [-0.1, -0.05) is 18.2 Å². The van der Waals surface area contributed by atoms with Gasteiger partial charge in [-0.3, -0.25) is 9.59 Å². The highest BCUT2D eigenvalue weighted by Crippen LogP contribution is 2.96. The second kappa shape index (κ2) is 8.57. The maximum absolute atomic E-state index is 17.7.